The highest BCUT2D eigenvalue weighted by Gasteiger charge is 2.03. The molecule has 0 heterocycles. The van der Waals surface area contributed by atoms with E-state index in [1.807, 2.05) is 0 Å². The first-order valence-corrected chi connectivity index (χ1v) is 9.39. The average Bonchev–Trinajstić information content (AvgIpc) is 2.02. The van der Waals surface area contributed by atoms with Gasteiger partial charge in [-0.3, -0.25) is 0 Å². The molecule has 90 valence electrons. The highest BCUT2D eigenvalue weighted by atomic mass is 79.9. The Bertz CT molecular complexity index is 90.1. The van der Waals surface area contributed by atoms with Crippen molar-refractivity contribution in [2.75, 3.05) is 38.0 Å². The molecule has 0 saturated heterocycles. The lowest BCUT2D eigenvalue weighted by atomic mass is 10.6. The van der Waals surface area contributed by atoms with Gasteiger partial charge in [0.1, 0.15) is 0 Å². The Morgan fingerprint density at radius 1 is 0.643 bits per heavy atom. The first-order valence-electron chi connectivity index (χ1n) is 5.07. The molecule has 0 rings (SSSR count). The van der Waals surface area contributed by atoms with Gasteiger partial charge in [-0.1, -0.05) is 26.7 Å². The van der Waals surface area contributed by atoms with E-state index in [4.69, 9.17) is 0 Å². The Labute approximate surface area is 114 Å². The van der Waals surface area contributed by atoms with Crippen LogP contribution in [-0.4, -0.2) is 38.0 Å². The maximum absolute atomic E-state index is 2.47. The number of halogens is 2. The lowest BCUT2D eigenvalue weighted by Crippen LogP contribution is -1.95. The lowest BCUT2D eigenvalue weighted by molar-refractivity contribution is 1.08. The summed E-state index contributed by atoms with van der Waals surface area (Å²) in [5.74, 6) is 0. The van der Waals surface area contributed by atoms with Crippen molar-refractivity contribution in [3.05, 3.63) is 0 Å². The minimum absolute atomic E-state index is 0. The van der Waals surface area contributed by atoms with Gasteiger partial charge in [0.25, 0.3) is 0 Å². The second kappa shape index (κ2) is 14.8. The summed E-state index contributed by atoms with van der Waals surface area (Å²) in [5, 5.41) is 0. The Morgan fingerprint density at radius 3 is 1.14 bits per heavy atom. The third-order valence-electron chi connectivity index (χ3n) is 2.07. The zero-order valence-electron chi connectivity index (χ0n) is 9.95. The molecule has 0 saturated carbocycles. The summed E-state index contributed by atoms with van der Waals surface area (Å²) in [6.07, 6.45) is 8.82. The molecule has 0 radical (unpaired) electrons. The summed E-state index contributed by atoms with van der Waals surface area (Å²) in [7, 11) is 0.785. The molecule has 0 fully saturated rings. The largest absolute Gasteiger partial charge is 0.114 e. The Kier molecular flexibility index (Phi) is 22.4. The predicted molar refractivity (Wildman–Crippen MR) is 86.4 cm³/mol. The van der Waals surface area contributed by atoms with Gasteiger partial charge in [0.15, 0.2) is 0 Å². The van der Waals surface area contributed by atoms with E-state index in [0.717, 1.165) is 0 Å². The minimum Gasteiger partial charge on any atom is -0.114 e. The van der Waals surface area contributed by atoms with Crippen LogP contribution in [0.3, 0.4) is 0 Å². The number of hydrogen-bond acceptors (Lipinski definition) is 0. The number of hydrogen-bond donors (Lipinski definition) is 0. The molecule has 0 amide bonds. The zero-order valence-corrected chi connectivity index (χ0v) is 15.2. The first kappa shape index (κ1) is 21.1. The highest BCUT2D eigenvalue weighted by Crippen LogP contribution is 2.38. The summed E-state index contributed by atoms with van der Waals surface area (Å²) < 4.78 is 0. The van der Waals surface area contributed by atoms with Crippen LogP contribution in [0.25, 0.3) is 0 Å². The summed E-state index contributed by atoms with van der Waals surface area (Å²) >= 11 is 0. The molecule has 0 aliphatic heterocycles. The monoisotopic (exact) mass is 366 g/mol. The van der Waals surface area contributed by atoms with Crippen LogP contribution in [0.1, 0.15) is 26.7 Å². The fourth-order valence-electron chi connectivity index (χ4n) is 1.33. The third kappa shape index (κ3) is 13.8. The Balaban J connectivity index is -0.000000605. The van der Waals surface area contributed by atoms with Gasteiger partial charge in [-0.05, 0) is 38.0 Å². The maximum Gasteiger partial charge on any atom is -0.0289 e. The third-order valence-corrected chi connectivity index (χ3v) is 6.82. The van der Waals surface area contributed by atoms with E-state index in [1.54, 1.807) is 0 Å². The van der Waals surface area contributed by atoms with E-state index in [2.05, 4.69) is 27.2 Å². The Hall–Kier alpha value is 1.82. The van der Waals surface area contributed by atoms with Crippen LogP contribution in [0.2, 0.25) is 0 Å². The molecule has 0 aromatic rings. The summed E-state index contributed by atoms with van der Waals surface area (Å²) in [6, 6.07) is 0. The molecule has 0 N–H and O–H groups in total. The predicted octanol–water partition coefficient (Wildman–Crippen LogP) is 5.19. The molecule has 0 nitrogen and oxygen atoms in total. The fraction of sp³-hybridized carbons (Fsp3) is 1.00. The SMILES string of the molecule is Br.Br.CCCP(C)CCP(C)CCC. The standard InChI is InChI=1S/C10H24P2.2BrH/c1-5-7-11(3)9-10-12(4)8-6-2;;/h5-10H2,1-4H3;2*1H. The Morgan fingerprint density at radius 2 is 0.929 bits per heavy atom. The van der Waals surface area contributed by atoms with Gasteiger partial charge in [-0.25, -0.2) is 0 Å². The summed E-state index contributed by atoms with van der Waals surface area (Å²) in [6.45, 7) is 9.54. The van der Waals surface area contributed by atoms with Crippen LogP contribution in [0.15, 0.2) is 0 Å². The van der Waals surface area contributed by atoms with Crippen molar-refractivity contribution in [3.63, 3.8) is 0 Å². The van der Waals surface area contributed by atoms with Crippen LogP contribution in [0.5, 0.6) is 0 Å². The van der Waals surface area contributed by atoms with Gasteiger partial charge in [-0.15, -0.1) is 49.8 Å². The van der Waals surface area contributed by atoms with Crippen LogP contribution in [0.4, 0.5) is 0 Å². The van der Waals surface area contributed by atoms with Crippen molar-refractivity contribution in [2.24, 2.45) is 0 Å². The van der Waals surface area contributed by atoms with Gasteiger partial charge >= 0.3 is 0 Å². The number of rotatable bonds is 7. The maximum atomic E-state index is 2.47. The van der Waals surface area contributed by atoms with Crippen molar-refractivity contribution in [2.45, 2.75) is 26.7 Å². The summed E-state index contributed by atoms with van der Waals surface area (Å²) in [4.78, 5) is 0. The van der Waals surface area contributed by atoms with Crippen molar-refractivity contribution in [1.82, 2.24) is 0 Å². The van der Waals surface area contributed by atoms with Crippen molar-refractivity contribution >= 4 is 49.8 Å². The average molecular weight is 368 g/mol. The van der Waals surface area contributed by atoms with E-state index < -0.39 is 0 Å². The fourth-order valence-corrected chi connectivity index (χ4v) is 6.03. The topological polar surface area (TPSA) is 0 Å². The van der Waals surface area contributed by atoms with Crippen LogP contribution < -0.4 is 0 Å². The molecule has 0 aromatic carbocycles. The molecule has 0 aliphatic rings. The van der Waals surface area contributed by atoms with E-state index >= 15 is 0 Å². The van der Waals surface area contributed by atoms with Crippen molar-refractivity contribution in [3.8, 4) is 0 Å². The second-order valence-corrected chi connectivity index (χ2v) is 8.82. The highest BCUT2D eigenvalue weighted by molar-refractivity contribution is 8.93. The molecular formula is C10H26Br2P2. The van der Waals surface area contributed by atoms with E-state index in [1.165, 1.54) is 37.5 Å². The first-order chi connectivity index (χ1) is 5.70. The smallest absolute Gasteiger partial charge is 0.0289 e. The van der Waals surface area contributed by atoms with E-state index in [9.17, 15) is 0 Å². The van der Waals surface area contributed by atoms with Crippen molar-refractivity contribution < 1.29 is 0 Å². The van der Waals surface area contributed by atoms with Gasteiger partial charge < -0.3 is 0 Å². The van der Waals surface area contributed by atoms with Gasteiger partial charge in [0.2, 0.25) is 0 Å². The van der Waals surface area contributed by atoms with Crippen molar-refractivity contribution in [1.29, 1.82) is 0 Å². The van der Waals surface area contributed by atoms with E-state index in [0.29, 0.717) is 15.8 Å². The minimum atomic E-state index is 0. The molecule has 0 aromatic heterocycles. The lowest BCUT2D eigenvalue weighted by Gasteiger charge is -2.15. The molecule has 14 heavy (non-hydrogen) atoms. The van der Waals surface area contributed by atoms with Crippen LogP contribution in [-0.2, 0) is 0 Å². The van der Waals surface area contributed by atoms with Crippen LogP contribution >= 0.6 is 49.8 Å². The second-order valence-electron chi connectivity index (χ2n) is 3.61. The van der Waals surface area contributed by atoms with Gasteiger partial charge in [0.05, 0.1) is 0 Å². The molecule has 0 spiro atoms. The van der Waals surface area contributed by atoms with E-state index in [-0.39, 0.29) is 34.0 Å². The van der Waals surface area contributed by atoms with Gasteiger partial charge in [0, 0.05) is 0 Å². The molecule has 4 heteroatoms. The molecule has 2 unspecified atom stereocenters. The molecular weight excluding hydrogens is 342 g/mol. The zero-order chi connectivity index (χ0) is 9.40. The van der Waals surface area contributed by atoms with Crippen LogP contribution in [0, 0.1) is 0 Å². The quantitative estimate of drug-likeness (QED) is 0.543. The molecule has 2 atom stereocenters. The van der Waals surface area contributed by atoms with Gasteiger partial charge in [-0.2, -0.15) is 0 Å². The molecule has 0 aliphatic carbocycles. The molecule has 0 bridgehead atoms. The normalized spacial score (nSPS) is 13.7. The summed E-state index contributed by atoms with van der Waals surface area (Å²) in [5.41, 5.74) is 0.